The molecule has 0 spiro atoms. The molecule has 0 aliphatic rings. The zero-order chi connectivity index (χ0) is 19.5. The molecule has 0 fully saturated rings. The molecule has 1 unspecified atom stereocenters. The molecular weight excluding hydrogens is 372 g/mol. The van der Waals surface area contributed by atoms with E-state index in [9.17, 15) is 13.2 Å². The summed E-state index contributed by atoms with van der Waals surface area (Å²) in [5.41, 5.74) is 3.27. The van der Waals surface area contributed by atoms with Gasteiger partial charge in [-0.1, -0.05) is 47.5 Å². The van der Waals surface area contributed by atoms with E-state index < -0.39 is 16.1 Å². The predicted molar refractivity (Wildman–Crippen MR) is 106 cm³/mol. The molecule has 0 saturated carbocycles. The van der Waals surface area contributed by atoms with Crippen molar-refractivity contribution in [2.75, 3.05) is 10.6 Å². The van der Waals surface area contributed by atoms with Crippen LogP contribution in [0.15, 0.2) is 42.5 Å². The summed E-state index contributed by atoms with van der Waals surface area (Å²) in [6.45, 7) is 5.70. The molecule has 0 radical (unpaired) electrons. The lowest BCUT2D eigenvalue weighted by Crippen LogP contribution is -2.47. The summed E-state index contributed by atoms with van der Waals surface area (Å²) in [6.07, 6.45) is 1.07. The molecule has 5 nitrogen and oxygen atoms in total. The number of aryl methyl sites for hydroxylation is 2. The van der Waals surface area contributed by atoms with Gasteiger partial charge in [-0.05, 0) is 44.0 Å². The topological polar surface area (TPSA) is 66.5 Å². The summed E-state index contributed by atoms with van der Waals surface area (Å²) in [5, 5.41) is 3.24. The van der Waals surface area contributed by atoms with Gasteiger partial charge in [0.1, 0.15) is 6.04 Å². The quantitative estimate of drug-likeness (QED) is 0.816. The average Bonchev–Trinajstić information content (AvgIpc) is 2.56. The van der Waals surface area contributed by atoms with Gasteiger partial charge < -0.3 is 5.32 Å². The minimum Gasteiger partial charge on any atom is -0.350 e. The van der Waals surface area contributed by atoms with Crippen LogP contribution in [0.5, 0.6) is 0 Å². The number of carbonyl (C=O) groups excluding carboxylic acids is 1. The molecule has 2 aromatic carbocycles. The van der Waals surface area contributed by atoms with Gasteiger partial charge in [0.05, 0.1) is 11.9 Å². The lowest BCUT2D eigenvalue weighted by molar-refractivity contribution is -0.122. The number of hydrogen-bond donors (Lipinski definition) is 1. The van der Waals surface area contributed by atoms with E-state index >= 15 is 0 Å². The maximum absolute atomic E-state index is 12.5. The fourth-order valence-corrected chi connectivity index (χ4v) is 3.91. The fraction of sp³-hybridized carbons (Fsp3) is 0.316. The third-order valence-corrected chi connectivity index (χ3v) is 5.73. The van der Waals surface area contributed by atoms with E-state index in [-0.39, 0.29) is 5.91 Å². The first kappa shape index (κ1) is 20.3. The first-order chi connectivity index (χ1) is 12.1. The van der Waals surface area contributed by atoms with Crippen LogP contribution in [-0.2, 0) is 21.4 Å². The Balaban J connectivity index is 2.20. The molecule has 0 bridgehead atoms. The molecule has 26 heavy (non-hydrogen) atoms. The van der Waals surface area contributed by atoms with Crippen molar-refractivity contribution in [3.05, 3.63) is 64.2 Å². The number of sulfonamides is 1. The lowest BCUT2D eigenvalue weighted by Gasteiger charge is -2.28. The van der Waals surface area contributed by atoms with Crippen LogP contribution in [-0.4, -0.2) is 26.6 Å². The third kappa shape index (κ3) is 4.99. The molecule has 0 aromatic heterocycles. The Morgan fingerprint density at radius 1 is 1.15 bits per heavy atom. The van der Waals surface area contributed by atoms with Crippen molar-refractivity contribution in [3.63, 3.8) is 0 Å². The molecule has 0 saturated heterocycles. The number of amides is 1. The minimum atomic E-state index is -3.67. The van der Waals surface area contributed by atoms with Crippen LogP contribution >= 0.6 is 11.6 Å². The van der Waals surface area contributed by atoms with Crippen molar-refractivity contribution < 1.29 is 13.2 Å². The average molecular weight is 395 g/mol. The van der Waals surface area contributed by atoms with Crippen LogP contribution in [0.3, 0.4) is 0 Å². The Bertz CT molecular complexity index is 896. The summed E-state index contributed by atoms with van der Waals surface area (Å²) in [5.74, 6) is -0.382. The van der Waals surface area contributed by atoms with E-state index in [0.717, 1.165) is 27.3 Å². The van der Waals surface area contributed by atoms with Gasteiger partial charge in [0.2, 0.25) is 15.9 Å². The van der Waals surface area contributed by atoms with E-state index in [1.165, 1.54) is 0 Å². The summed E-state index contributed by atoms with van der Waals surface area (Å²) in [7, 11) is -3.67. The smallest absolute Gasteiger partial charge is 0.243 e. The molecule has 140 valence electrons. The monoisotopic (exact) mass is 394 g/mol. The number of anilines is 1. The zero-order valence-electron chi connectivity index (χ0n) is 15.3. The highest BCUT2D eigenvalue weighted by molar-refractivity contribution is 7.92. The van der Waals surface area contributed by atoms with Gasteiger partial charge in [0.25, 0.3) is 0 Å². The van der Waals surface area contributed by atoms with Crippen molar-refractivity contribution in [1.82, 2.24) is 5.32 Å². The molecule has 0 heterocycles. The first-order valence-corrected chi connectivity index (χ1v) is 10.4. The maximum Gasteiger partial charge on any atom is 0.243 e. The molecule has 1 atom stereocenters. The number of benzene rings is 2. The van der Waals surface area contributed by atoms with Crippen molar-refractivity contribution in [2.24, 2.45) is 0 Å². The normalized spacial score (nSPS) is 12.5. The third-order valence-electron chi connectivity index (χ3n) is 4.09. The number of halogens is 1. The van der Waals surface area contributed by atoms with Crippen molar-refractivity contribution in [1.29, 1.82) is 0 Å². The van der Waals surface area contributed by atoms with Gasteiger partial charge in [-0.3, -0.25) is 9.10 Å². The van der Waals surface area contributed by atoms with Gasteiger partial charge >= 0.3 is 0 Å². The Morgan fingerprint density at radius 2 is 1.77 bits per heavy atom. The Kier molecular flexibility index (Phi) is 6.31. The molecule has 7 heteroatoms. The number of nitrogens with one attached hydrogen (secondary N) is 1. The Hall–Kier alpha value is -2.05. The summed E-state index contributed by atoms with van der Waals surface area (Å²) in [4.78, 5) is 12.5. The Labute approximate surface area is 160 Å². The molecule has 2 aromatic rings. The van der Waals surface area contributed by atoms with E-state index in [1.807, 2.05) is 38.1 Å². The van der Waals surface area contributed by atoms with E-state index in [2.05, 4.69) is 5.32 Å². The van der Waals surface area contributed by atoms with Crippen molar-refractivity contribution in [3.8, 4) is 0 Å². The molecule has 1 N–H and O–H groups in total. The highest BCUT2D eigenvalue weighted by atomic mass is 35.5. The SMILES string of the molecule is Cc1ccc(CNC(=O)C(C)N(c2ccc(C)c(Cl)c2)S(C)(=O)=O)cc1. The summed E-state index contributed by atoms with van der Waals surface area (Å²) < 4.78 is 25.7. The maximum atomic E-state index is 12.5. The lowest BCUT2D eigenvalue weighted by atomic mass is 10.1. The van der Waals surface area contributed by atoms with Crippen LogP contribution in [0.2, 0.25) is 5.02 Å². The number of nitrogens with zero attached hydrogens (tertiary/aromatic N) is 1. The number of hydrogen-bond acceptors (Lipinski definition) is 3. The first-order valence-electron chi connectivity index (χ1n) is 8.18. The molecular formula is C19H23ClN2O3S. The number of carbonyl (C=O) groups is 1. The molecule has 1 amide bonds. The van der Waals surface area contributed by atoms with E-state index in [1.54, 1.807) is 25.1 Å². The van der Waals surface area contributed by atoms with Gasteiger partial charge in [-0.2, -0.15) is 0 Å². The fourth-order valence-electron chi connectivity index (χ4n) is 2.57. The second-order valence-electron chi connectivity index (χ2n) is 6.37. The van der Waals surface area contributed by atoms with Crippen molar-refractivity contribution >= 4 is 33.2 Å². The van der Waals surface area contributed by atoms with Crippen LogP contribution in [0.1, 0.15) is 23.6 Å². The Morgan fingerprint density at radius 3 is 2.31 bits per heavy atom. The van der Waals surface area contributed by atoms with E-state index in [4.69, 9.17) is 11.6 Å². The van der Waals surface area contributed by atoms with Crippen LogP contribution < -0.4 is 9.62 Å². The molecule has 0 aliphatic carbocycles. The van der Waals surface area contributed by atoms with Crippen LogP contribution in [0.4, 0.5) is 5.69 Å². The van der Waals surface area contributed by atoms with Crippen LogP contribution in [0.25, 0.3) is 0 Å². The molecule has 0 aliphatic heterocycles. The molecule has 2 rings (SSSR count). The highest BCUT2D eigenvalue weighted by Crippen LogP contribution is 2.26. The minimum absolute atomic E-state index is 0.329. The zero-order valence-corrected chi connectivity index (χ0v) is 16.9. The van der Waals surface area contributed by atoms with Crippen molar-refractivity contribution in [2.45, 2.75) is 33.4 Å². The largest absolute Gasteiger partial charge is 0.350 e. The predicted octanol–water partition coefficient (Wildman–Crippen LogP) is 3.43. The van der Waals surface area contributed by atoms with Gasteiger partial charge in [-0.25, -0.2) is 8.42 Å². The summed E-state index contributed by atoms with van der Waals surface area (Å²) >= 11 is 6.12. The number of rotatable bonds is 6. The summed E-state index contributed by atoms with van der Waals surface area (Å²) in [6, 6.07) is 11.8. The van der Waals surface area contributed by atoms with Gasteiger partial charge in [-0.15, -0.1) is 0 Å². The highest BCUT2D eigenvalue weighted by Gasteiger charge is 2.29. The van der Waals surface area contributed by atoms with Gasteiger partial charge in [0.15, 0.2) is 0 Å². The standard InChI is InChI=1S/C19H23ClN2O3S/c1-13-5-8-16(9-6-13)12-21-19(23)15(3)22(26(4,24)25)17-10-7-14(2)18(20)11-17/h5-11,15H,12H2,1-4H3,(H,21,23). The second-order valence-corrected chi connectivity index (χ2v) is 8.64. The van der Waals surface area contributed by atoms with E-state index in [0.29, 0.717) is 17.3 Å². The van der Waals surface area contributed by atoms with Gasteiger partial charge in [0, 0.05) is 11.6 Å². The van der Waals surface area contributed by atoms with Crippen LogP contribution in [0, 0.1) is 13.8 Å². The second kappa shape index (κ2) is 8.10.